The molecule has 1 amide bonds. The molecule has 32 heavy (non-hydrogen) atoms. The lowest BCUT2D eigenvalue weighted by molar-refractivity contribution is 0.101. The second-order valence-electron chi connectivity index (χ2n) is 8.39. The van der Waals surface area contributed by atoms with Crippen molar-refractivity contribution in [3.05, 3.63) is 53.2 Å². The molecular weight excluding hydrogens is 446 g/mol. The highest BCUT2D eigenvalue weighted by atomic mass is 33.1. The number of benzene rings is 2. The van der Waals surface area contributed by atoms with Crippen molar-refractivity contribution in [2.45, 2.75) is 26.2 Å². The van der Waals surface area contributed by atoms with E-state index in [1.165, 1.54) is 7.11 Å². The van der Waals surface area contributed by atoms with Crippen LogP contribution in [0.3, 0.4) is 0 Å². The van der Waals surface area contributed by atoms with Crippen LogP contribution >= 0.6 is 11.0 Å². The number of nitrogens with one attached hydrogen (secondary N) is 2. The van der Waals surface area contributed by atoms with Gasteiger partial charge in [-0.15, -0.1) is 0 Å². The first-order chi connectivity index (χ1) is 15.1. The minimum absolute atomic E-state index is 0.198. The Balaban J connectivity index is 2.07. The predicted molar refractivity (Wildman–Crippen MR) is 133 cm³/mol. The summed E-state index contributed by atoms with van der Waals surface area (Å²) >= 11 is 0. The van der Waals surface area contributed by atoms with Crippen molar-refractivity contribution in [2.75, 3.05) is 23.4 Å². The van der Waals surface area contributed by atoms with Gasteiger partial charge in [-0.3, -0.25) is 9.59 Å². The number of nitrogens with zero attached hydrogens (tertiary/aromatic N) is 1. The zero-order valence-corrected chi connectivity index (χ0v) is 20.6. The molecular formula is C23H27N3O4S2. The largest absolute Gasteiger partial charge is 0.492 e. The summed E-state index contributed by atoms with van der Waals surface area (Å²) in [5.41, 5.74) is 3.53. The quantitative estimate of drug-likeness (QED) is 0.288. The molecule has 1 aromatic heterocycles. The number of ether oxygens (including phenoxy) is 1. The number of rotatable bonds is 7. The van der Waals surface area contributed by atoms with E-state index in [4.69, 9.17) is 4.74 Å². The molecule has 170 valence electrons. The maximum atomic E-state index is 13.3. The number of aryl methyl sites for hydroxylation is 1. The van der Waals surface area contributed by atoms with E-state index in [1.54, 1.807) is 36.1 Å². The molecule has 1 heterocycles. The minimum atomic E-state index is -1.14. The van der Waals surface area contributed by atoms with Crippen molar-refractivity contribution < 1.29 is 18.5 Å². The number of fused-ring (bicyclic) bond motifs is 1. The second-order valence-corrected chi connectivity index (χ2v) is 11.5. The van der Waals surface area contributed by atoms with Crippen LogP contribution in [0.5, 0.6) is 5.75 Å². The number of aromatic nitrogens is 1. The summed E-state index contributed by atoms with van der Waals surface area (Å²) in [7, 11) is 3.20. The van der Waals surface area contributed by atoms with Crippen molar-refractivity contribution in [1.29, 1.82) is 0 Å². The Hall–Kier alpha value is -2.78. The number of carbonyl (C=O) groups excluding carboxylic acids is 2. The van der Waals surface area contributed by atoms with E-state index in [0.29, 0.717) is 33.9 Å². The molecule has 3 aromatic rings. The molecule has 0 aliphatic rings. The van der Waals surface area contributed by atoms with Crippen LogP contribution in [-0.4, -0.2) is 34.3 Å². The topological polar surface area (TPSA) is 89.4 Å². The van der Waals surface area contributed by atoms with Gasteiger partial charge in [0.2, 0.25) is 0 Å². The second kappa shape index (κ2) is 9.38. The van der Waals surface area contributed by atoms with E-state index < -0.39 is 9.83 Å². The molecule has 1 unspecified atom stereocenters. The van der Waals surface area contributed by atoms with Gasteiger partial charge >= 0.3 is 0 Å². The van der Waals surface area contributed by atoms with Gasteiger partial charge in [0.15, 0.2) is 12.0 Å². The lowest BCUT2D eigenvalue weighted by Crippen LogP contribution is -2.18. The lowest BCUT2D eigenvalue weighted by atomic mass is 9.86. The van der Waals surface area contributed by atoms with Crippen molar-refractivity contribution >= 4 is 55.3 Å². The van der Waals surface area contributed by atoms with Crippen molar-refractivity contribution in [3.63, 3.8) is 0 Å². The van der Waals surface area contributed by atoms with Crippen LogP contribution in [0, 0.1) is 0 Å². The van der Waals surface area contributed by atoms with E-state index in [9.17, 15) is 13.8 Å². The standard InChI is InChI=1S/C23H27N3O4S2/c1-23(2,3)16-11-17(21(30-5)18(12-16)25-31-32(6)29)24-22(28)19-10-14-8-7-9-15(13-27)20(14)26(19)4/h7-13,25H,1-6H3,(H,24,28). The Morgan fingerprint density at radius 3 is 2.47 bits per heavy atom. The third kappa shape index (κ3) is 4.83. The summed E-state index contributed by atoms with van der Waals surface area (Å²) in [6.07, 6.45) is 2.36. The Labute approximate surface area is 193 Å². The maximum Gasteiger partial charge on any atom is 0.272 e. The summed E-state index contributed by atoms with van der Waals surface area (Å²) in [5.74, 6) is 0.110. The van der Waals surface area contributed by atoms with Crippen LogP contribution in [-0.2, 0) is 22.3 Å². The number of hydrogen-bond donors (Lipinski definition) is 2. The van der Waals surface area contributed by atoms with Crippen molar-refractivity contribution in [3.8, 4) is 5.75 Å². The summed E-state index contributed by atoms with van der Waals surface area (Å²) in [4.78, 5) is 24.7. The first kappa shape index (κ1) is 23.9. The average molecular weight is 474 g/mol. The summed E-state index contributed by atoms with van der Waals surface area (Å²) in [5, 5.41) is 3.77. The molecule has 0 saturated carbocycles. The number of hydrogen-bond acceptors (Lipinski definition) is 6. The Bertz CT molecular complexity index is 1210. The molecule has 0 spiro atoms. The zero-order chi connectivity index (χ0) is 23.6. The Morgan fingerprint density at radius 2 is 1.88 bits per heavy atom. The SMILES string of the molecule is COc1c(NSS(C)=O)cc(C(C)(C)C)cc1NC(=O)c1cc2cccc(C=O)c2n1C. The number of methoxy groups -OCH3 is 1. The number of amides is 1. The minimum Gasteiger partial charge on any atom is -0.492 e. The highest BCUT2D eigenvalue weighted by Crippen LogP contribution is 2.40. The van der Waals surface area contributed by atoms with Gasteiger partial charge < -0.3 is 19.3 Å². The molecule has 0 aliphatic heterocycles. The van der Waals surface area contributed by atoms with E-state index in [0.717, 1.165) is 28.2 Å². The van der Waals surface area contributed by atoms with Gasteiger partial charge in [0.05, 0.1) is 44.8 Å². The number of carbonyl (C=O) groups is 2. The monoisotopic (exact) mass is 473 g/mol. The van der Waals surface area contributed by atoms with Gasteiger partial charge in [-0.25, -0.2) is 4.21 Å². The predicted octanol–water partition coefficient (Wildman–Crippen LogP) is 4.90. The molecule has 9 heteroatoms. The molecule has 2 N–H and O–H groups in total. The van der Waals surface area contributed by atoms with Crippen LogP contribution < -0.4 is 14.8 Å². The van der Waals surface area contributed by atoms with Gasteiger partial charge in [0.25, 0.3) is 5.91 Å². The first-order valence-electron chi connectivity index (χ1n) is 9.91. The summed E-state index contributed by atoms with van der Waals surface area (Å²) in [6.45, 7) is 6.21. The first-order valence-corrected chi connectivity index (χ1v) is 12.8. The van der Waals surface area contributed by atoms with Crippen molar-refractivity contribution in [1.82, 2.24) is 4.57 Å². The fraction of sp³-hybridized carbons (Fsp3) is 0.304. The number of anilines is 2. The molecule has 0 radical (unpaired) electrons. The van der Waals surface area contributed by atoms with Gasteiger partial charge in [0, 0.05) is 24.3 Å². The van der Waals surface area contributed by atoms with Crippen LogP contribution in [0.1, 0.15) is 47.2 Å². The fourth-order valence-corrected chi connectivity index (χ4v) is 4.48. The number of aldehydes is 1. The molecule has 1 atom stereocenters. The molecule has 0 saturated heterocycles. The molecule has 0 fully saturated rings. The Kier molecular flexibility index (Phi) is 7.00. The smallest absolute Gasteiger partial charge is 0.272 e. The van der Waals surface area contributed by atoms with Gasteiger partial charge in [-0.1, -0.05) is 32.9 Å². The normalized spacial score (nSPS) is 12.4. The average Bonchev–Trinajstić information content (AvgIpc) is 3.08. The lowest BCUT2D eigenvalue weighted by Gasteiger charge is -2.24. The molecule has 7 nitrogen and oxygen atoms in total. The third-order valence-corrected chi connectivity index (χ3v) is 6.62. The summed E-state index contributed by atoms with van der Waals surface area (Å²) < 4.78 is 22.0. The van der Waals surface area contributed by atoms with Crippen LogP contribution in [0.15, 0.2) is 36.4 Å². The van der Waals surface area contributed by atoms with Gasteiger partial charge in [0.1, 0.15) is 5.69 Å². The molecule has 2 aromatic carbocycles. The van der Waals surface area contributed by atoms with Crippen LogP contribution in [0.2, 0.25) is 0 Å². The van der Waals surface area contributed by atoms with Crippen molar-refractivity contribution in [2.24, 2.45) is 7.05 Å². The van der Waals surface area contributed by atoms with Gasteiger partial charge in [-0.05, 0) is 35.2 Å². The maximum absolute atomic E-state index is 13.3. The fourth-order valence-electron chi connectivity index (χ4n) is 3.50. The third-order valence-electron chi connectivity index (χ3n) is 5.12. The Morgan fingerprint density at radius 1 is 1.19 bits per heavy atom. The van der Waals surface area contributed by atoms with E-state index >= 15 is 0 Å². The number of para-hydroxylation sites is 1. The van der Waals surface area contributed by atoms with E-state index in [1.807, 2.05) is 18.2 Å². The van der Waals surface area contributed by atoms with Gasteiger partial charge in [-0.2, -0.15) is 0 Å². The van der Waals surface area contributed by atoms with E-state index in [-0.39, 0.29) is 11.3 Å². The highest BCUT2D eigenvalue weighted by molar-refractivity contribution is 8.69. The molecule has 3 rings (SSSR count). The zero-order valence-electron chi connectivity index (χ0n) is 18.9. The molecule has 0 bridgehead atoms. The molecule has 0 aliphatic carbocycles. The highest BCUT2D eigenvalue weighted by Gasteiger charge is 2.23. The van der Waals surface area contributed by atoms with Crippen LogP contribution in [0.4, 0.5) is 11.4 Å². The van der Waals surface area contributed by atoms with Crippen LogP contribution in [0.25, 0.3) is 10.9 Å². The summed E-state index contributed by atoms with van der Waals surface area (Å²) in [6, 6.07) is 10.9. The van der Waals surface area contributed by atoms with E-state index in [2.05, 4.69) is 30.8 Å².